The van der Waals surface area contributed by atoms with Crippen molar-refractivity contribution in [2.75, 3.05) is 19.8 Å². The quantitative estimate of drug-likeness (QED) is 0.718. The van der Waals surface area contributed by atoms with E-state index in [0.717, 1.165) is 22.5 Å². The summed E-state index contributed by atoms with van der Waals surface area (Å²) in [6, 6.07) is 8.01. The van der Waals surface area contributed by atoms with Crippen LogP contribution < -0.4 is 0 Å². The van der Waals surface area contributed by atoms with E-state index in [1.165, 1.54) is 0 Å². The van der Waals surface area contributed by atoms with Crippen molar-refractivity contribution in [3.63, 3.8) is 0 Å². The Morgan fingerprint density at radius 3 is 3.10 bits per heavy atom. The number of rotatable bonds is 2. The summed E-state index contributed by atoms with van der Waals surface area (Å²) < 4.78 is 18.6. The van der Waals surface area contributed by atoms with Crippen molar-refractivity contribution >= 4 is 11.0 Å². The summed E-state index contributed by atoms with van der Waals surface area (Å²) in [5.74, 6) is 0.868. The molecule has 0 saturated carbocycles. The highest BCUT2D eigenvalue weighted by molar-refractivity contribution is 5.79. The minimum absolute atomic E-state index is 0.112. The molecule has 1 aromatic carbocycles. The van der Waals surface area contributed by atoms with Crippen LogP contribution in [0.1, 0.15) is 11.9 Å². The second kappa shape index (κ2) is 4.77. The first-order valence-electron chi connectivity index (χ1n) is 6.62. The molecule has 102 valence electrons. The highest BCUT2D eigenvalue weighted by Gasteiger charge is 2.21. The maximum atomic E-state index is 5.73. The van der Waals surface area contributed by atoms with Crippen molar-refractivity contribution in [3.8, 4) is 5.69 Å². The molecule has 2 aromatic heterocycles. The summed E-state index contributed by atoms with van der Waals surface area (Å²) >= 11 is 0. The van der Waals surface area contributed by atoms with Crippen LogP contribution in [0.2, 0.25) is 0 Å². The summed E-state index contributed by atoms with van der Waals surface area (Å²) in [5.41, 5.74) is 1.92. The molecule has 3 aromatic rings. The van der Waals surface area contributed by atoms with E-state index < -0.39 is 0 Å². The number of benzene rings is 1. The Kier molecular flexibility index (Phi) is 2.79. The Hall–Kier alpha value is -2.11. The van der Waals surface area contributed by atoms with Crippen molar-refractivity contribution in [1.29, 1.82) is 0 Å². The Bertz CT molecular complexity index is 725. The zero-order valence-corrected chi connectivity index (χ0v) is 10.9. The van der Waals surface area contributed by atoms with Gasteiger partial charge in [-0.25, -0.2) is 4.98 Å². The average molecular weight is 270 g/mol. The maximum Gasteiger partial charge on any atom is 0.144 e. The molecule has 5 heteroatoms. The Morgan fingerprint density at radius 1 is 1.20 bits per heavy atom. The number of hydrogen-bond donors (Lipinski definition) is 0. The van der Waals surface area contributed by atoms with Gasteiger partial charge in [0.2, 0.25) is 0 Å². The normalized spacial score (nSPS) is 19.5. The number of nitrogens with zero attached hydrogens (tertiary/aromatic N) is 2. The van der Waals surface area contributed by atoms with Gasteiger partial charge >= 0.3 is 0 Å². The number of aromatic nitrogens is 2. The molecule has 1 aliphatic heterocycles. The molecule has 3 heterocycles. The highest BCUT2D eigenvalue weighted by atomic mass is 16.6. The lowest BCUT2D eigenvalue weighted by molar-refractivity contribution is -0.0940. The first kappa shape index (κ1) is 11.7. The summed E-state index contributed by atoms with van der Waals surface area (Å²) in [5, 5.41) is 1.07. The molecule has 1 unspecified atom stereocenters. The highest BCUT2D eigenvalue weighted by Crippen LogP contribution is 2.25. The van der Waals surface area contributed by atoms with E-state index in [9.17, 15) is 0 Å². The second-order valence-electron chi connectivity index (χ2n) is 4.73. The second-order valence-corrected chi connectivity index (χ2v) is 4.73. The fourth-order valence-corrected chi connectivity index (χ4v) is 2.51. The van der Waals surface area contributed by atoms with Crippen LogP contribution >= 0.6 is 0 Å². The third kappa shape index (κ3) is 1.92. The van der Waals surface area contributed by atoms with Gasteiger partial charge in [0.05, 0.1) is 26.1 Å². The van der Waals surface area contributed by atoms with Gasteiger partial charge in [0, 0.05) is 23.5 Å². The van der Waals surface area contributed by atoms with Crippen LogP contribution in [0.4, 0.5) is 0 Å². The van der Waals surface area contributed by atoms with Gasteiger partial charge in [-0.15, -0.1) is 0 Å². The minimum Gasteiger partial charge on any atom is -0.464 e. The molecule has 0 bridgehead atoms. The number of furan rings is 1. The van der Waals surface area contributed by atoms with Crippen molar-refractivity contribution < 1.29 is 13.9 Å². The van der Waals surface area contributed by atoms with Gasteiger partial charge in [0.1, 0.15) is 17.5 Å². The van der Waals surface area contributed by atoms with Crippen LogP contribution in [-0.4, -0.2) is 29.4 Å². The lowest BCUT2D eigenvalue weighted by Gasteiger charge is -2.23. The number of fused-ring (bicyclic) bond motifs is 1. The van der Waals surface area contributed by atoms with E-state index in [0.29, 0.717) is 19.8 Å². The van der Waals surface area contributed by atoms with Crippen LogP contribution in [0.15, 0.2) is 47.3 Å². The molecule has 5 nitrogen and oxygen atoms in total. The lowest BCUT2D eigenvalue weighted by Crippen LogP contribution is -2.24. The van der Waals surface area contributed by atoms with Crippen LogP contribution in [0.3, 0.4) is 0 Å². The van der Waals surface area contributed by atoms with Crippen LogP contribution in [0.5, 0.6) is 0 Å². The zero-order valence-electron chi connectivity index (χ0n) is 10.9. The van der Waals surface area contributed by atoms with Gasteiger partial charge in [-0.05, 0) is 24.3 Å². The topological polar surface area (TPSA) is 49.4 Å². The molecule has 0 amide bonds. The average Bonchev–Trinajstić information content (AvgIpc) is 3.16. The zero-order chi connectivity index (χ0) is 13.4. The predicted molar refractivity (Wildman–Crippen MR) is 72.8 cm³/mol. The Labute approximate surface area is 115 Å². The lowest BCUT2D eigenvalue weighted by atomic mass is 10.2. The van der Waals surface area contributed by atoms with E-state index in [2.05, 4.69) is 11.1 Å². The molecule has 1 fully saturated rings. The van der Waals surface area contributed by atoms with Gasteiger partial charge < -0.3 is 18.5 Å². The van der Waals surface area contributed by atoms with E-state index >= 15 is 0 Å². The molecule has 20 heavy (non-hydrogen) atoms. The van der Waals surface area contributed by atoms with E-state index in [-0.39, 0.29) is 6.10 Å². The predicted octanol–water partition coefficient (Wildman–Crippen LogP) is 2.71. The Balaban J connectivity index is 1.75. The van der Waals surface area contributed by atoms with Crippen molar-refractivity contribution in [2.24, 2.45) is 0 Å². The number of hydrogen-bond acceptors (Lipinski definition) is 4. The van der Waals surface area contributed by atoms with Crippen LogP contribution in [-0.2, 0) is 9.47 Å². The summed E-state index contributed by atoms with van der Waals surface area (Å²) in [6.07, 6.45) is 5.31. The molecule has 1 saturated heterocycles. The first-order chi connectivity index (χ1) is 9.92. The summed E-state index contributed by atoms with van der Waals surface area (Å²) in [6.45, 7) is 1.81. The third-order valence-electron chi connectivity index (χ3n) is 3.49. The monoisotopic (exact) mass is 270 g/mol. The van der Waals surface area contributed by atoms with Crippen LogP contribution in [0, 0.1) is 0 Å². The third-order valence-corrected chi connectivity index (χ3v) is 3.49. The standard InChI is InChI=1S/C15H14N2O3/c1-2-13-11(3-6-19-13)9-12(1)17-5-4-16-15(17)14-10-18-7-8-20-14/h1-6,9,14H,7-8,10H2. The summed E-state index contributed by atoms with van der Waals surface area (Å²) in [7, 11) is 0. The number of ether oxygens (including phenoxy) is 2. The SMILES string of the molecule is c1cn(-c2ccc3occc3c2)c(C2COCCO2)n1. The molecule has 0 aliphatic carbocycles. The summed E-state index contributed by atoms with van der Waals surface area (Å²) in [4.78, 5) is 4.42. The number of imidazole rings is 1. The Morgan fingerprint density at radius 2 is 2.20 bits per heavy atom. The van der Waals surface area contributed by atoms with Gasteiger partial charge in [-0.3, -0.25) is 0 Å². The van der Waals surface area contributed by atoms with Crippen molar-refractivity contribution in [2.45, 2.75) is 6.10 Å². The fraction of sp³-hybridized carbons (Fsp3) is 0.267. The van der Waals surface area contributed by atoms with Gasteiger partial charge in [-0.1, -0.05) is 0 Å². The van der Waals surface area contributed by atoms with Crippen molar-refractivity contribution in [3.05, 3.63) is 48.7 Å². The minimum atomic E-state index is -0.112. The maximum absolute atomic E-state index is 5.73. The smallest absolute Gasteiger partial charge is 0.144 e. The van der Waals surface area contributed by atoms with E-state index in [1.54, 1.807) is 12.5 Å². The van der Waals surface area contributed by atoms with E-state index in [4.69, 9.17) is 13.9 Å². The molecular weight excluding hydrogens is 256 g/mol. The molecule has 1 atom stereocenters. The van der Waals surface area contributed by atoms with Gasteiger partial charge in [0.25, 0.3) is 0 Å². The van der Waals surface area contributed by atoms with Crippen molar-refractivity contribution in [1.82, 2.24) is 9.55 Å². The fourth-order valence-electron chi connectivity index (χ4n) is 2.51. The molecule has 0 radical (unpaired) electrons. The molecule has 4 rings (SSSR count). The largest absolute Gasteiger partial charge is 0.464 e. The van der Waals surface area contributed by atoms with Crippen LogP contribution in [0.25, 0.3) is 16.7 Å². The van der Waals surface area contributed by atoms with Gasteiger partial charge in [-0.2, -0.15) is 0 Å². The molecule has 0 spiro atoms. The molecule has 0 N–H and O–H groups in total. The molecular formula is C15H14N2O3. The first-order valence-corrected chi connectivity index (χ1v) is 6.62. The van der Waals surface area contributed by atoms with Gasteiger partial charge in [0.15, 0.2) is 0 Å². The molecule has 1 aliphatic rings. The van der Waals surface area contributed by atoms with E-state index in [1.807, 2.05) is 29.0 Å².